The Morgan fingerprint density at radius 1 is 1.00 bits per heavy atom. The summed E-state index contributed by atoms with van der Waals surface area (Å²) in [4.78, 5) is 9.79. The van der Waals surface area contributed by atoms with Crippen molar-refractivity contribution < 1.29 is 9.47 Å². The number of morpholine rings is 2. The maximum Gasteiger partial charge on any atom is 0.191 e. The van der Waals surface area contributed by atoms with E-state index in [-0.39, 0.29) is 24.0 Å². The zero-order valence-corrected chi connectivity index (χ0v) is 20.8. The van der Waals surface area contributed by atoms with Crippen molar-refractivity contribution in [3.8, 4) is 0 Å². The van der Waals surface area contributed by atoms with E-state index in [1.165, 1.54) is 11.1 Å². The highest BCUT2D eigenvalue weighted by atomic mass is 127. The molecule has 1 unspecified atom stereocenters. The molecule has 2 saturated heterocycles. The minimum Gasteiger partial charge on any atom is -0.379 e. The van der Waals surface area contributed by atoms with E-state index in [0.29, 0.717) is 12.6 Å². The first-order valence-corrected chi connectivity index (χ1v) is 11.0. The number of hydrogen-bond acceptors (Lipinski definition) is 5. The molecule has 8 heteroatoms. The quantitative estimate of drug-likeness (QED) is 0.304. The summed E-state index contributed by atoms with van der Waals surface area (Å²) in [5.74, 6) is 0.883. The average Bonchev–Trinajstić information content (AvgIpc) is 2.77. The SMILES string of the molecule is CCNC(=NCc1ccccc1CN1CCOCC1)NCC(C)N1CCOCC1.I. The van der Waals surface area contributed by atoms with Crippen LogP contribution in [0, 0.1) is 0 Å². The second-order valence-corrected chi connectivity index (χ2v) is 7.73. The van der Waals surface area contributed by atoms with Gasteiger partial charge in [0.1, 0.15) is 0 Å². The van der Waals surface area contributed by atoms with Crippen molar-refractivity contribution in [3.63, 3.8) is 0 Å². The Morgan fingerprint density at radius 3 is 2.30 bits per heavy atom. The maximum absolute atomic E-state index is 5.47. The molecule has 0 bridgehead atoms. The Labute approximate surface area is 198 Å². The lowest BCUT2D eigenvalue weighted by atomic mass is 10.1. The molecule has 2 aliphatic rings. The van der Waals surface area contributed by atoms with Gasteiger partial charge in [-0.1, -0.05) is 24.3 Å². The summed E-state index contributed by atoms with van der Waals surface area (Å²) in [7, 11) is 0. The summed E-state index contributed by atoms with van der Waals surface area (Å²) in [6.07, 6.45) is 0. The maximum atomic E-state index is 5.47. The monoisotopic (exact) mass is 531 g/mol. The van der Waals surface area contributed by atoms with Gasteiger partial charge in [-0.15, -0.1) is 24.0 Å². The molecule has 2 fully saturated rings. The molecule has 0 amide bonds. The molecule has 0 aromatic heterocycles. The molecular formula is C22H38IN5O2. The first-order valence-electron chi connectivity index (χ1n) is 11.0. The summed E-state index contributed by atoms with van der Waals surface area (Å²) >= 11 is 0. The highest BCUT2D eigenvalue weighted by molar-refractivity contribution is 14.0. The van der Waals surface area contributed by atoms with Crippen molar-refractivity contribution in [2.45, 2.75) is 33.0 Å². The third kappa shape index (κ3) is 8.30. The van der Waals surface area contributed by atoms with Crippen LogP contribution in [0.15, 0.2) is 29.3 Å². The van der Waals surface area contributed by atoms with Crippen LogP contribution in [0.3, 0.4) is 0 Å². The van der Waals surface area contributed by atoms with Crippen LogP contribution in [0.25, 0.3) is 0 Å². The van der Waals surface area contributed by atoms with E-state index < -0.39 is 0 Å². The van der Waals surface area contributed by atoms with Gasteiger partial charge < -0.3 is 20.1 Å². The van der Waals surface area contributed by atoms with Gasteiger partial charge in [-0.3, -0.25) is 9.80 Å². The van der Waals surface area contributed by atoms with Gasteiger partial charge in [0, 0.05) is 51.9 Å². The van der Waals surface area contributed by atoms with Gasteiger partial charge in [0.25, 0.3) is 0 Å². The zero-order chi connectivity index (χ0) is 20.3. The van der Waals surface area contributed by atoms with Crippen molar-refractivity contribution in [1.29, 1.82) is 0 Å². The van der Waals surface area contributed by atoms with Crippen LogP contribution in [-0.4, -0.2) is 87.5 Å². The number of ether oxygens (including phenoxy) is 2. The van der Waals surface area contributed by atoms with Crippen LogP contribution >= 0.6 is 24.0 Å². The standard InChI is InChI=1S/C22H37N5O2.HI/c1-3-23-22(24-16-19(2)27-10-14-29-15-11-27)25-17-20-6-4-5-7-21(20)18-26-8-12-28-13-9-26;/h4-7,19H,3,8-18H2,1-2H3,(H2,23,24,25);1H. The third-order valence-electron chi connectivity index (χ3n) is 5.60. The number of rotatable bonds is 8. The van der Waals surface area contributed by atoms with E-state index in [2.05, 4.69) is 58.5 Å². The molecule has 2 aliphatic heterocycles. The second-order valence-electron chi connectivity index (χ2n) is 7.73. The second kappa shape index (κ2) is 14.2. The predicted molar refractivity (Wildman–Crippen MR) is 133 cm³/mol. The van der Waals surface area contributed by atoms with Crippen LogP contribution in [0.4, 0.5) is 0 Å². The predicted octanol–water partition coefficient (Wildman–Crippen LogP) is 1.91. The van der Waals surface area contributed by atoms with Gasteiger partial charge in [0.2, 0.25) is 0 Å². The van der Waals surface area contributed by atoms with Crippen molar-refractivity contribution in [2.75, 3.05) is 65.7 Å². The first kappa shape index (κ1) is 25.3. The highest BCUT2D eigenvalue weighted by Gasteiger charge is 2.17. The third-order valence-corrected chi connectivity index (χ3v) is 5.60. The van der Waals surface area contributed by atoms with E-state index in [1.807, 2.05) is 0 Å². The van der Waals surface area contributed by atoms with Crippen LogP contribution in [-0.2, 0) is 22.6 Å². The zero-order valence-electron chi connectivity index (χ0n) is 18.4. The summed E-state index contributed by atoms with van der Waals surface area (Å²) in [5.41, 5.74) is 2.65. The van der Waals surface area contributed by atoms with Crippen molar-refractivity contribution in [3.05, 3.63) is 35.4 Å². The Balaban J connectivity index is 0.00000320. The summed E-state index contributed by atoms with van der Waals surface area (Å²) in [6.45, 7) is 15.1. The van der Waals surface area contributed by atoms with Gasteiger partial charge in [-0.05, 0) is 25.0 Å². The summed E-state index contributed by atoms with van der Waals surface area (Å²) in [5, 5.41) is 6.90. The molecule has 170 valence electrons. The van der Waals surface area contributed by atoms with Crippen LogP contribution in [0.2, 0.25) is 0 Å². The molecule has 1 aromatic carbocycles. The first-order chi connectivity index (χ1) is 14.3. The summed E-state index contributed by atoms with van der Waals surface area (Å²) in [6, 6.07) is 9.10. The van der Waals surface area contributed by atoms with E-state index >= 15 is 0 Å². The molecule has 30 heavy (non-hydrogen) atoms. The molecule has 1 aromatic rings. The average molecular weight is 531 g/mol. The lowest BCUT2D eigenvalue weighted by Crippen LogP contribution is -2.49. The van der Waals surface area contributed by atoms with Crippen LogP contribution in [0.1, 0.15) is 25.0 Å². The summed E-state index contributed by atoms with van der Waals surface area (Å²) < 4.78 is 10.9. The van der Waals surface area contributed by atoms with Crippen LogP contribution in [0.5, 0.6) is 0 Å². The molecule has 3 rings (SSSR count). The van der Waals surface area contributed by atoms with E-state index in [1.54, 1.807) is 0 Å². The number of halogens is 1. The number of aliphatic imine (C=N–C) groups is 1. The normalized spacial score (nSPS) is 19.7. The number of nitrogens with one attached hydrogen (secondary N) is 2. The fourth-order valence-corrected chi connectivity index (χ4v) is 3.76. The number of nitrogens with zero attached hydrogens (tertiary/aromatic N) is 3. The molecule has 1 atom stereocenters. The fourth-order valence-electron chi connectivity index (χ4n) is 3.76. The molecule has 2 heterocycles. The largest absolute Gasteiger partial charge is 0.379 e. The minimum atomic E-state index is 0. The fraction of sp³-hybridized carbons (Fsp3) is 0.682. The Bertz CT molecular complexity index is 634. The number of guanidine groups is 1. The van der Waals surface area contributed by atoms with Crippen molar-refractivity contribution in [2.24, 2.45) is 4.99 Å². The van der Waals surface area contributed by atoms with Crippen molar-refractivity contribution >= 4 is 29.9 Å². The van der Waals surface area contributed by atoms with E-state index in [9.17, 15) is 0 Å². The molecule has 0 spiro atoms. The smallest absolute Gasteiger partial charge is 0.191 e. The van der Waals surface area contributed by atoms with Gasteiger partial charge >= 0.3 is 0 Å². The Morgan fingerprint density at radius 2 is 1.63 bits per heavy atom. The Kier molecular flexibility index (Phi) is 12.0. The molecule has 0 radical (unpaired) electrons. The molecule has 7 nitrogen and oxygen atoms in total. The van der Waals surface area contributed by atoms with Gasteiger partial charge in [0.05, 0.1) is 33.0 Å². The van der Waals surface area contributed by atoms with E-state index in [4.69, 9.17) is 14.5 Å². The molecule has 0 saturated carbocycles. The van der Waals surface area contributed by atoms with Crippen molar-refractivity contribution in [1.82, 2.24) is 20.4 Å². The van der Waals surface area contributed by atoms with E-state index in [0.717, 1.165) is 78.2 Å². The molecule has 0 aliphatic carbocycles. The lowest BCUT2D eigenvalue weighted by molar-refractivity contribution is 0.0211. The van der Waals surface area contributed by atoms with Crippen LogP contribution < -0.4 is 10.6 Å². The topological polar surface area (TPSA) is 61.4 Å². The lowest BCUT2D eigenvalue weighted by Gasteiger charge is -2.32. The Hall–Kier alpha value is -0.940. The molecule has 2 N–H and O–H groups in total. The van der Waals surface area contributed by atoms with Gasteiger partial charge in [-0.2, -0.15) is 0 Å². The number of benzene rings is 1. The van der Waals surface area contributed by atoms with Gasteiger partial charge in [-0.25, -0.2) is 4.99 Å². The number of hydrogen-bond donors (Lipinski definition) is 2. The van der Waals surface area contributed by atoms with Gasteiger partial charge in [0.15, 0.2) is 5.96 Å². The highest BCUT2D eigenvalue weighted by Crippen LogP contribution is 2.14. The minimum absolute atomic E-state index is 0. The molecular weight excluding hydrogens is 493 g/mol.